The number of rotatable bonds is 1. The Hall–Kier alpha value is -0.0400. The lowest BCUT2D eigenvalue weighted by molar-refractivity contribution is 0.161. The third kappa shape index (κ3) is 3.14. The van der Waals surface area contributed by atoms with Gasteiger partial charge in [0.2, 0.25) is 0 Å². The summed E-state index contributed by atoms with van der Waals surface area (Å²) in [7, 11) is 0. The van der Waals surface area contributed by atoms with E-state index in [2.05, 4.69) is 26.1 Å². The molecule has 0 aromatic carbocycles. The summed E-state index contributed by atoms with van der Waals surface area (Å²) < 4.78 is 0. The highest BCUT2D eigenvalue weighted by molar-refractivity contribution is 4.83. The van der Waals surface area contributed by atoms with E-state index >= 15 is 0 Å². The first-order valence-corrected chi connectivity index (χ1v) is 5.36. The van der Waals surface area contributed by atoms with E-state index in [0.717, 1.165) is 5.92 Å². The summed E-state index contributed by atoms with van der Waals surface area (Å²) in [5.74, 6) is 0.820. The zero-order valence-corrected chi connectivity index (χ0v) is 9.41. The lowest BCUT2D eigenvalue weighted by atomic mass is 9.74. The number of nitrogens with one attached hydrogen (secondary N) is 1. The van der Waals surface area contributed by atoms with Gasteiger partial charge in [-0.25, -0.2) is 0 Å². The third-order valence-corrected chi connectivity index (χ3v) is 3.02. The van der Waals surface area contributed by atoms with Gasteiger partial charge in [-0.3, -0.25) is 0 Å². The lowest BCUT2D eigenvalue weighted by Crippen LogP contribution is -2.41. The van der Waals surface area contributed by atoms with Crippen LogP contribution in [-0.2, 0) is 0 Å². The number of hydrogen-bond acceptors (Lipinski definition) is 1. The van der Waals surface area contributed by atoms with E-state index in [9.17, 15) is 0 Å². The molecule has 1 rings (SSSR count). The molecule has 1 nitrogen and oxygen atoms in total. The maximum absolute atomic E-state index is 3.46. The predicted octanol–water partition coefficient (Wildman–Crippen LogP) is 3.06. The Bertz CT molecular complexity index is 102. The molecule has 0 aliphatic carbocycles. The molecule has 0 spiro atoms. The predicted molar refractivity (Wildman–Crippen MR) is 56.4 cm³/mol. The fourth-order valence-electron chi connectivity index (χ4n) is 1.57. The van der Waals surface area contributed by atoms with Gasteiger partial charge < -0.3 is 5.32 Å². The monoisotopic (exact) mass is 171 g/mol. The van der Waals surface area contributed by atoms with E-state index in [0.29, 0.717) is 5.41 Å². The molecule has 0 amide bonds. The fourth-order valence-corrected chi connectivity index (χ4v) is 1.57. The Labute approximate surface area is 77.9 Å². The van der Waals surface area contributed by atoms with Crippen LogP contribution in [0.25, 0.3) is 0 Å². The molecule has 1 heterocycles. The van der Waals surface area contributed by atoms with Gasteiger partial charge in [0.1, 0.15) is 0 Å². The maximum Gasteiger partial charge on any atom is 0.000762 e. The summed E-state index contributed by atoms with van der Waals surface area (Å²) in [6, 6.07) is 0. The molecular weight excluding hydrogens is 146 g/mol. The van der Waals surface area contributed by atoms with Gasteiger partial charge in [-0.15, -0.1) is 0 Å². The van der Waals surface area contributed by atoms with Crippen LogP contribution >= 0.6 is 0 Å². The van der Waals surface area contributed by atoms with E-state index in [1.165, 1.54) is 25.9 Å². The van der Waals surface area contributed by atoms with Crippen LogP contribution in [0, 0.1) is 11.3 Å². The van der Waals surface area contributed by atoms with E-state index in [1.807, 2.05) is 13.8 Å². The standard InChI is InChI=1S/C9H19N.C2H6/c1-8(2)9(3)5-4-6-10-7-9;1-2/h8,10H,4-7H2,1-3H3;1-2H3. The fraction of sp³-hybridized carbons (Fsp3) is 1.00. The van der Waals surface area contributed by atoms with E-state index in [-0.39, 0.29) is 0 Å². The van der Waals surface area contributed by atoms with E-state index < -0.39 is 0 Å². The van der Waals surface area contributed by atoms with Crippen LogP contribution in [0.4, 0.5) is 0 Å². The molecule has 1 fully saturated rings. The highest BCUT2D eigenvalue weighted by atomic mass is 14.9. The van der Waals surface area contributed by atoms with Gasteiger partial charge in [0.15, 0.2) is 0 Å². The summed E-state index contributed by atoms with van der Waals surface area (Å²) in [4.78, 5) is 0. The molecule has 0 aromatic heterocycles. The van der Waals surface area contributed by atoms with Gasteiger partial charge in [-0.1, -0.05) is 34.6 Å². The SMILES string of the molecule is CC.CC(C)C1(C)CCCNC1. The maximum atomic E-state index is 3.46. The molecule has 1 aliphatic heterocycles. The summed E-state index contributed by atoms with van der Waals surface area (Å²) in [6.07, 6.45) is 2.76. The van der Waals surface area contributed by atoms with Crippen molar-refractivity contribution in [1.82, 2.24) is 5.32 Å². The second kappa shape index (κ2) is 5.58. The Morgan fingerprint density at radius 3 is 2.08 bits per heavy atom. The van der Waals surface area contributed by atoms with Gasteiger partial charge in [-0.05, 0) is 30.7 Å². The van der Waals surface area contributed by atoms with E-state index in [1.54, 1.807) is 0 Å². The van der Waals surface area contributed by atoms with Crippen LogP contribution in [0.3, 0.4) is 0 Å². The Kier molecular flexibility index (Phi) is 5.56. The molecule has 1 saturated heterocycles. The van der Waals surface area contributed by atoms with Crippen molar-refractivity contribution in [1.29, 1.82) is 0 Å². The van der Waals surface area contributed by atoms with E-state index in [4.69, 9.17) is 0 Å². The summed E-state index contributed by atoms with van der Waals surface area (Å²) >= 11 is 0. The molecule has 0 radical (unpaired) electrons. The Balaban J connectivity index is 0.000000561. The first-order chi connectivity index (χ1) is 5.65. The van der Waals surface area contributed by atoms with Gasteiger partial charge in [-0.2, -0.15) is 0 Å². The molecular formula is C11H25N. The second-order valence-electron chi connectivity index (χ2n) is 4.09. The summed E-state index contributed by atoms with van der Waals surface area (Å²) in [5, 5.41) is 3.46. The van der Waals surface area contributed by atoms with Crippen LogP contribution in [0.1, 0.15) is 47.5 Å². The third-order valence-electron chi connectivity index (χ3n) is 3.02. The molecule has 0 saturated carbocycles. The first-order valence-electron chi connectivity index (χ1n) is 5.36. The molecule has 12 heavy (non-hydrogen) atoms. The van der Waals surface area contributed by atoms with Crippen LogP contribution in [-0.4, -0.2) is 13.1 Å². The van der Waals surface area contributed by atoms with Crippen LogP contribution < -0.4 is 5.32 Å². The average Bonchev–Trinajstić information content (AvgIpc) is 2.09. The molecule has 0 aromatic rings. The average molecular weight is 171 g/mol. The minimum atomic E-state index is 0.568. The molecule has 1 N–H and O–H groups in total. The van der Waals surface area contributed by atoms with Crippen molar-refractivity contribution < 1.29 is 0 Å². The molecule has 1 atom stereocenters. The largest absolute Gasteiger partial charge is 0.316 e. The van der Waals surface area contributed by atoms with Crippen molar-refractivity contribution in [2.75, 3.05) is 13.1 Å². The molecule has 74 valence electrons. The minimum Gasteiger partial charge on any atom is -0.316 e. The first kappa shape index (κ1) is 12.0. The molecule has 1 heteroatoms. The van der Waals surface area contributed by atoms with Crippen molar-refractivity contribution >= 4 is 0 Å². The zero-order valence-electron chi connectivity index (χ0n) is 9.41. The molecule has 1 unspecified atom stereocenters. The minimum absolute atomic E-state index is 0.568. The number of piperidine rings is 1. The second-order valence-corrected chi connectivity index (χ2v) is 4.09. The normalized spacial score (nSPS) is 29.5. The van der Waals surface area contributed by atoms with Gasteiger partial charge in [0, 0.05) is 6.54 Å². The summed E-state index contributed by atoms with van der Waals surface area (Å²) in [6.45, 7) is 13.5. The van der Waals surface area contributed by atoms with Crippen LogP contribution in [0.15, 0.2) is 0 Å². The van der Waals surface area contributed by atoms with Crippen LogP contribution in [0.5, 0.6) is 0 Å². The smallest absolute Gasteiger partial charge is 0.000762 e. The van der Waals surface area contributed by atoms with Gasteiger partial charge in [0.05, 0.1) is 0 Å². The van der Waals surface area contributed by atoms with Gasteiger partial charge in [0.25, 0.3) is 0 Å². The number of hydrogen-bond donors (Lipinski definition) is 1. The molecule has 0 bridgehead atoms. The quantitative estimate of drug-likeness (QED) is 0.639. The van der Waals surface area contributed by atoms with Crippen molar-refractivity contribution in [2.24, 2.45) is 11.3 Å². The van der Waals surface area contributed by atoms with Crippen molar-refractivity contribution in [2.45, 2.75) is 47.5 Å². The van der Waals surface area contributed by atoms with Gasteiger partial charge >= 0.3 is 0 Å². The highest BCUT2D eigenvalue weighted by Gasteiger charge is 2.29. The van der Waals surface area contributed by atoms with Crippen molar-refractivity contribution in [3.05, 3.63) is 0 Å². The van der Waals surface area contributed by atoms with Crippen LogP contribution in [0.2, 0.25) is 0 Å². The molecule has 1 aliphatic rings. The zero-order chi connectivity index (χ0) is 9.61. The van der Waals surface area contributed by atoms with Crippen molar-refractivity contribution in [3.8, 4) is 0 Å². The van der Waals surface area contributed by atoms with Crippen molar-refractivity contribution in [3.63, 3.8) is 0 Å². The Morgan fingerprint density at radius 1 is 1.25 bits per heavy atom. The summed E-state index contributed by atoms with van der Waals surface area (Å²) in [5.41, 5.74) is 0.568. The highest BCUT2D eigenvalue weighted by Crippen LogP contribution is 2.33. The topological polar surface area (TPSA) is 12.0 Å². The Morgan fingerprint density at radius 2 is 1.83 bits per heavy atom. The lowest BCUT2D eigenvalue weighted by Gasteiger charge is -2.37.